The molecule has 5 nitrogen and oxygen atoms in total. The highest BCUT2D eigenvalue weighted by Gasteiger charge is 2.25. The number of aryl methyl sites for hydroxylation is 2. The van der Waals surface area contributed by atoms with Gasteiger partial charge in [0.2, 0.25) is 10.0 Å². The molecule has 0 amide bonds. The maximum atomic E-state index is 12.3. The second-order valence-corrected chi connectivity index (χ2v) is 8.77. The number of nitrogens with zero attached hydrogens (tertiary/aromatic N) is 1. The van der Waals surface area contributed by atoms with Gasteiger partial charge in [0.1, 0.15) is 0 Å². The summed E-state index contributed by atoms with van der Waals surface area (Å²) in [4.78, 5) is 4.63. The lowest BCUT2D eigenvalue weighted by Gasteiger charge is -2.15. The molecular formula is C14H24N2O3S2. The van der Waals surface area contributed by atoms with E-state index in [0.29, 0.717) is 17.4 Å². The summed E-state index contributed by atoms with van der Waals surface area (Å²) in [7, 11) is -1.67. The van der Waals surface area contributed by atoms with Crippen LogP contribution < -0.4 is 4.72 Å². The Morgan fingerprint density at radius 1 is 1.48 bits per heavy atom. The van der Waals surface area contributed by atoms with Crippen molar-refractivity contribution in [2.45, 2.75) is 25.2 Å². The van der Waals surface area contributed by atoms with Crippen LogP contribution in [0.3, 0.4) is 0 Å². The van der Waals surface area contributed by atoms with Gasteiger partial charge >= 0.3 is 0 Å². The lowest BCUT2D eigenvalue weighted by Crippen LogP contribution is -2.31. The summed E-state index contributed by atoms with van der Waals surface area (Å²) in [5.41, 5.74) is 0. The first-order chi connectivity index (χ1) is 9.92. The van der Waals surface area contributed by atoms with Crippen LogP contribution in [0.15, 0.2) is 11.0 Å². The fourth-order valence-corrected chi connectivity index (χ4v) is 5.35. The number of sulfonamides is 1. The summed E-state index contributed by atoms with van der Waals surface area (Å²) in [6, 6.07) is 1.75. The van der Waals surface area contributed by atoms with E-state index in [1.165, 1.54) is 11.3 Å². The average Bonchev–Trinajstić information content (AvgIpc) is 3.01. The van der Waals surface area contributed by atoms with Gasteiger partial charge in [0.25, 0.3) is 0 Å². The number of nitrogens with one attached hydrogen (secondary N) is 1. The molecule has 1 fully saturated rings. The summed E-state index contributed by atoms with van der Waals surface area (Å²) in [5.74, 6) is 0.386. The van der Waals surface area contributed by atoms with E-state index in [9.17, 15) is 8.42 Å². The smallest absolute Gasteiger partial charge is 0.241 e. The molecule has 0 aliphatic carbocycles. The first kappa shape index (κ1) is 16.9. The van der Waals surface area contributed by atoms with Crippen LogP contribution in [0.4, 0.5) is 0 Å². The van der Waals surface area contributed by atoms with Crippen LogP contribution in [0, 0.1) is 19.8 Å². The molecule has 0 radical (unpaired) electrons. The second kappa shape index (κ2) is 7.19. The Labute approximate surface area is 131 Å². The molecule has 0 saturated carbocycles. The van der Waals surface area contributed by atoms with E-state index >= 15 is 0 Å². The molecule has 1 aromatic rings. The minimum absolute atomic E-state index is 0.386. The minimum Gasteiger partial charge on any atom is -0.383 e. The van der Waals surface area contributed by atoms with Gasteiger partial charge in [0.15, 0.2) is 0 Å². The van der Waals surface area contributed by atoms with Crippen LogP contribution in [-0.2, 0) is 14.8 Å². The number of hydrogen-bond acceptors (Lipinski definition) is 5. The van der Waals surface area contributed by atoms with E-state index in [1.54, 1.807) is 13.2 Å². The van der Waals surface area contributed by atoms with Crippen LogP contribution in [0.2, 0.25) is 0 Å². The largest absolute Gasteiger partial charge is 0.383 e. The zero-order valence-corrected chi connectivity index (χ0v) is 14.5. The lowest BCUT2D eigenvalue weighted by molar-refractivity contribution is 0.159. The van der Waals surface area contributed by atoms with Crippen molar-refractivity contribution < 1.29 is 13.2 Å². The van der Waals surface area contributed by atoms with Crippen LogP contribution in [0.1, 0.15) is 16.2 Å². The molecule has 1 aliphatic rings. The fraction of sp³-hybridized carbons (Fsp3) is 0.714. The molecule has 0 bridgehead atoms. The van der Waals surface area contributed by atoms with Crippen LogP contribution in [-0.4, -0.2) is 53.2 Å². The normalized spacial score (nSPS) is 20.2. The third kappa shape index (κ3) is 4.50. The van der Waals surface area contributed by atoms with Gasteiger partial charge in [0, 0.05) is 36.5 Å². The van der Waals surface area contributed by atoms with E-state index in [-0.39, 0.29) is 0 Å². The zero-order valence-electron chi connectivity index (χ0n) is 12.9. The van der Waals surface area contributed by atoms with Crippen LogP contribution in [0.5, 0.6) is 0 Å². The number of likely N-dealkylation sites (tertiary alicyclic amines) is 1. The van der Waals surface area contributed by atoms with Gasteiger partial charge in [-0.2, -0.15) is 0 Å². The number of thiophene rings is 1. The fourth-order valence-electron chi connectivity index (χ4n) is 2.68. The molecule has 0 spiro atoms. The van der Waals surface area contributed by atoms with Gasteiger partial charge in [-0.25, -0.2) is 13.1 Å². The summed E-state index contributed by atoms with van der Waals surface area (Å²) in [6.07, 6.45) is 1.04. The summed E-state index contributed by atoms with van der Waals surface area (Å²) >= 11 is 1.52. The molecular weight excluding hydrogens is 308 g/mol. The number of methoxy groups -OCH3 is 1. The Hall–Kier alpha value is -0.470. The monoisotopic (exact) mass is 332 g/mol. The molecule has 1 unspecified atom stereocenters. The average molecular weight is 332 g/mol. The number of hydrogen-bond donors (Lipinski definition) is 1. The van der Waals surface area contributed by atoms with E-state index in [4.69, 9.17) is 4.74 Å². The highest BCUT2D eigenvalue weighted by molar-refractivity contribution is 7.89. The molecule has 21 heavy (non-hydrogen) atoms. The van der Waals surface area contributed by atoms with Crippen molar-refractivity contribution in [1.82, 2.24) is 9.62 Å². The van der Waals surface area contributed by atoms with Crippen LogP contribution in [0.25, 0.3) is 0 Å². The van der Waals surface area contributed by atoms with E-state index in [2.05, 4.69) is 9.62 Å². The van der Waals surface area contributed by atoms with E-state index in [1.807, 2.05) is 13.8 Å². The van der Waals surface area contributed by atoms with Crippen molar-refractivity contribution in [1.29, 1.82) is 0 Å². The SMILES string of the molecule is COCCN1CCC(CNS(=O)(=O)c2cc(C)sc2C)C1. The summed E-state index contributed by atoms with van der Waals surface area (Å²) < 4.78 is 32.5. The molecule has 1 aromatic heterocycles. The lowest BCUT2D eigenvalue weighted by atomic mass is 10.1. The third-order valence-electron chi connectivity index (χ3n) is 3.83. The van der Waals surface area contributed by atoms with Gasteiger partial charge in [-0.1, -0.05) is 0 Å². The van der Waals surface area contributed by atoms with Crippen molar-refractivity contribution in [2.24, 2.45) is 5.92 Å². The topological polar surface area (TPSA) is 58.6 Å². The molecule has 1 N–H and O–H groups in total. The molecule has 2 rings (SSSR count). The predicted molar refractivity (Wildman–Crippen MR) is 85.4 cm³/mol. The molecule has 2 heterocycles. The van der Waals surface area contributed by atoms with E-state index < -0.39 is 10.0 Å². The second-order valence-electron chi connectivity index (χ2n) is 5.58. The van der Waals surface area contributed by atoms with Gasteiger partial charge in [0.05, 0.1) is 11.5 Å². The van der Waals surface area contributed by atoms with Crippen molar-refractivity contribution in [3.8, 4) is 0 Å². The van der Waals surface area contributed by atoms with Gasteiger partial charge in [-0.05, 0) is 38.8 Å². The maximum Gasteiger partial charge on any atom is 0.241 e. The molecule has 7 heteroatoms. The number of rotatable bonds is 7. The van der Waals surface area contributed by atoms with Crippen molar-refractivity contribution >= 4 is 21.4 Å². The first-order valence-electron chi connectivity index (χ1n) is 7.20. The quantitative estimate of drug-likeness (QED) is 0.824. The Morgan fingerprint density at radius 3 is 2.86 bits per heavy atom. The van der Waals surface area contributed by atoms with Crippen molar-refractivity contribution in [2.75, 3.05) is 39.9 Å². The van der Waals surface area contributed by atoms with Crippen molar-refractivity contribution in [3.05, 3.63) is 15.8 Å². The minimum atomic E-state index is -3.37. The number of ether oxygens (including phenoxy) is 1. The molecule has 0 aromatic carbocycles. The third-order valence-corrected chi connectivity index (χ3v) is 6.47. The van der Waals surface area contributed by atoms with Gasteiger partial charge < -0.3 is 9.64 Å². The highest BCUT2D eigenvalue weighted by Crippen LogP contribution is 2.25. The Balaban J connectivity index is 1.87. The highest BCUT2D eigenvalue weighted by atomic mass is 32.2. The predicted octanol–water partition coefficient (Wildman–Crippen LogP) is 1.61. The van der Waals surface area contributed by atoms with Crippen LogP contribution >= 0.6 is 11.3 Å². The zero-order chi connectivity index (χ0) is 15.5. The van der Waals surface area contributed by atoms with E-state index in [0.717, 1.165) is 42.4 Å². The Kier molecular flexibility index (Phi) is 5.79. The Bertz CT molecular complexity index is 569. The standard InChI is InChI=1S/C14H24N2O3S2/c1-11-8-14(12(2)20-11)21(17,18)15-9-13-4-5-16(10-13)6-7-19-3/h8,13,15H,4-7,9-10H2,1-3H3. The molecule has 1 aliphatic heterocycles. The maximum absolute atomic E-state index is 12.3. The molecule has 1 saturated heterocycles. The summed E-state index contributed by atoms with van der Waals surface area (Å²) in [6.45, 7) is 7.91. The van der Waals surface area contributed by atoms with Gasteiger partial charge in [-0.3, -0.25) is 0 Å². The van der Waals surface area contributed by atoms with Crippen molar-refractivity contribution in [3.63, 3.8) is 0 Å². The first-order valence-corrected chi connectivity index (χ1v) is 9.50. The summed E-state index contributed by atoms with van der Waals surface area (Å²) in [5, 5.41) is 0. The molecule has 120 valence electrons. The molecule has 1 atom stereocenters. The van der Waals surface area contributed by atoms with Gasteiger partial charge in [-0.15, -0.1) is 11.3 Å². The Morgan fingerprint density at radius 2 is 2.24 bits per heavy atom.